The maximum atomic E-state index is 11.1. The van der Waals surface area contributed by atoms with Crippen molar-refractivity contribution in [3.05, 3.63) is 79.9 Å². The Balaban J connectivity index is 2.41. The average Bonchev–Trinajstić information content (AvgIpc) is 2.46. The lowest BCUT2D eigenvalue weighted by molar-refractivity contribution is -0.765. The van der Waals surface area contributed by atoms with Crippen LogP contribution in [-0.2, 0) is 0 Å². The van der Waals surface area contributed by atoms with Crippen LogP contribution in [0, 0.1) is 20.2 Å². The third-order valence-electron chi connectivity index (χ3n) is 3.23. The highest BCUT2D eigenvalue weighted by molar-refractivity contribution is 5.89. The number of carboxylic acid groups (broad SMARTS) is 1. The van der Waals surface area contributed by atoms with E-state index in [4.69, 9.17) is 5.11 Å². The minimum atomic E-state index is -2.49. The summed E-state index contributed by atoms with van der Waals surface area (Å²) < 4.78 is 0. The fraction of sp³-hybridized carbons (Fsp3) is 0.154. The lowest BCUT2D eigenvalue weighted by Crippen LogP contribution is -2.43. The summed E-state index contributed by atoms with van der Waals surface area (Å²) in [6.07, 6.45) is 4.29. The molecule has 0 atom stereocenters. The smallest absolute Gasteiger partial charge is 0.478 e. The molecule has 0 aromatic heterocycles. The highest BCUT2D eigenvalue weighted by Gasteiger charge is 2.52. The molecule has 0 saturated carbocycles. The Morgan fingerprint density at radius 1 is 1.10 bits per heavy atom. The molecule has 0 amide bonds. The molecule has 0 unspecified atom stereocenters. The monoisotopic (exact) mass is 290 g/mol. The first-order chi connectivity index (χ1) is 9.88. The van der Waals surface area contributed by atoms with E-state index in [1.165, 1.54) is 18.2 Å². The molecule has 0 saturated heterocycles. The zero-order chi connectivity index (χ0) is 15.6. The van der Waals surface area contributed by atoms with E-state index in [9.17, 15) is 25.0 Å². The first kappa shape index (κ1) is 14.4. The van der Waals surface area contributed by atoms with Crippen LogP contribution < -0.4 is 0 Å². The predicted molar refractivity (Wildman–Crippen MR) is 71.1 cm³/mol. The quantitative estimate of drug-likeness (QED) is 0.390. The second-order valence-electron chi connectivity index (χ2n) is 4.43. The second kappa shape index (κ2) is 5.16. The van der Waals surface area contributed by atoms with E-state index >= 15 is 0 Å². The van der Waals surface area contributed by atoms with E-state index in [0.29, 0.717) is 5.56 Å². The molecular formula is C13H10N2O6. The van der Waals surface area contributed by atoms with Gasteiger partial charge in [-0.3, -0.25) is 20.2 Å². The number of carboxylic acids is 1. The van der Waals surface area contributed by atoms with Crippen molar-refractivity contribution in [2.45, 2.75) is 11.6 Å². The van der Waals surface area contributed by atoms with Crippen molar-refractivity contribution in [1.29, 1.82) is 0 Å². The second-order valence-corrected chi connectivity index (χ2v) is 4.43. The van der Waals surface area contributed by atoms with Crippen molar-refractivity contribution in [2.75, 3.05) is 0 Å². The van der Waals surface area contributed by atoms with Gasteiger partial charge >= 0.3 is 11.6 Å². The van der Waals surface area contributed by atoms with Crippen molar-refractivity contribution < 1.29 is 19.7 Å². The van der Waals surface area contributed by atoms with E-state index < -0.39 is 27.4 Å². The molecular weight excluding hydrogens is 280 g/mol. The minimum Gasteiger partial charge on any atom is -0.478 e. The Labute approximate surface area is 118 Å². The molecule has 2 rings (SSSR count). The van der Waals surface area contributed by atoms with E-state index in [-0.39, 0.29) is 5.56 Å². The number of nitrogens with zero attached hydrogens (tertiary/aromatic N) is 2. The summed E-state index contributed by atoms with van der Waals surface area (Å²) >= 11 is 0. The molecule has 108 valence electrons. The lowest BCUT2D eigenvalue weighted by Gasteiger charge is -2.18. The molecule has 0 heterocycles. The Morgan fingerprint density at radius 2 is 1.62 bits per heavy atom. The standard InChI is InChI=1S/C13H10N2O6/c16-12(17)11-4-2-1-3-10(11)9-5-7-13(8-6-9,14(18)19)15(20)21/h1-9H,(H,16,17). The van der Waals surface area contributed by atoms with Crippen LogP contribution in [-0.4, -0.2) is 26.6 Å². The number of allylic oxidation sites excluding steroid dienone is 2. The fourth-order valence-corrected chi connectivity index (χ4v) is 2.11. The van der Waals surface area contributed by atoms with Crippen molar-refractivity contribution in [2.24, 2.45) is 0 Å². The number of benzene rings is 1. The number of rotatable bonds is 4. The molecule has 1 N–H and O–H groups in total. The van der Waals surface area contributed by atoms with Crippen LogP contribution in [0.25, 0.3) is 0 Å². The van der Waals surface area contributed by atoms with Crippen LogP contribution in [0.2, 0.25) is 0 Å². The highest BCUT2D eigenvalue weighted by atomic mass is 16.7. The van der Waals surface area contributed by atoms with Crippen LogP contribution in [0.1, 0.15) is 21.8 Å². The Hall–Kier alpha value is -3.03. The first-order valence-corrected chi connectivity index (χ1v) is 5.88. The normalized spacial score (nSPS) is 16.6. The van der Waals surface area contributed by atoms with E-state index in [2.05, 4.69) is 0 Å². The van der Waals surface area contributed by atoms with Gasteiger partial charge in [-0.25, -0.2) is 4.79 Å². The number of hydrogen-bond donors (Lipinski definition) is 1. The zero-order valence-corrected chi connectivity index (χ0v) is 10.6. The largest absolute Gasteiger partial charge is 0.497 e. The summed E-state index contributed by atoms with van der Waals surface area (Å²) in [6.45, 7) is 0. The van der Waals surface area contributed by atoms with Crippen LogP contribution in [0.15, 0.2) is 48.6 Å². The fourth-order valence-electron chi connectivity index (χ4n) is 2.11. The molecule has 0 spiro atoms. The zero-order valence-electron chi connectivity index (χ0n) is 10.6. The highest BCUT2D eigenvalue weighted by Crippen LogP contribution is 2.30. The summed E-state index contributed by atoms with van der Waals surface area (Å²) in [4.78, 5) is 30.9. The molecule has 1 aliphatic carbocycles. The summed E-state index contributed by atoms with van der Waals surface area (Å²) in [5.74, 6) is -1.70. The van der Waals surface area contributed by atoms with Crippen LogP contribution in [0.5, 0.6) is 0 Å². The molecule has 0 radical (unpaired) electrons. The van der Waals surface area contributed by atoms with Gasteiger partial charge in [0.2, 0.25) is 0 Å². The first-order valence-electron chi connectivity index (χ1n) is 5.88. The third-order valence-corrected chi connectivity index (χ3v) is 3.23. The number of aromatic carboxylic acids is 1. The van der Waals surface area contributed by atoms with Crippen molar-refractivity contribution in [3.63, 3.8) is 0 Å². The van der Waals surface area contributed by atoms with Gasteiger partial charge in [0.1, 0.15) is 9.85 Å². The number of hydrogen-bond acceptors (Lipinski definition) is 5. The van der Waals surface area contributed by atoms with Crippen molar-refractivity contribution in [3.8, 4) is 0 Å². The summed E-state index contributed by atoms with van der Waals surface area (Å²) in [7, 11) is 0. The summed E-state index contributed by atoms with van der Waals surface area (Å²) in [6, 6.07) is 6.16. The van der Waals surface area contributed by atoms with Gasteiger partial charge in [-0.15, -0.1) is 0 Å². The number of carbonyl (C=O) groups is 1. The van der Waals surface area contributed by atoms with Gasteiger partial charge < -0.3 is 5.11 Å². The molecule has 0 bridgehead atoms. The molecule has 0 aliphatic heterocycles. The Kier molecular flexibility index (Phi) is 3.53. The maximum absolute atomic E-state index is 11.1. The van der Waals surface area contributed by atoms with E-state index in [0.717, 1.165) is 12.2 Å². The Morgan fingerprint density at radius 3 is 2.10 bits per heavy atom. The molecule has 21 heavy (non-hydrogen) atoms. The van der Waals surface area contributed by atoms with Crippen LogP contribution >= 0.6 is 0 Å². The third kappa shape index (κ3) is 2.38. The average molecular weight is 290 g/mol. The predicted octanol–water partition coefficient (Wildman–Crippen LogP) is 1.84. The van der Waals surface area contributed by atoms with E-state index in [1.54, 1.807) is 18.2 Å². The topological polar surface area (TPSA) is 124 Å². The van der Waals surface area contributed by atoms with Gasteiger partial charge in [-0.1, -0.05) is 30.4 Å². The summed E-state index contributed by atoms with van der Waals surface area (Å²) in [5, 5.41) is 30.9. The van der Waals surface area contributed by atoms with Crippen molar-refractivity contribution in [1.82, 2.24) is 0 Å². The molecule has 8 nitrogen and oxygen atoms in total. The van der Waals surface area contributed by atoms with Gasteiger partial charge in [0.05, 0.1) is 17.7 Å². The maximum Gasteiger partial charge on any atom is 0.497 e. The lowest BCUT2D eigenvalue weighted by atomic mass is 9.88. The van der Waals surface area contributed by atoms with Crippen LogP contribution in [0.3, 0.4) is 0 Å². The molecule has 0 fully saturated rings. The van der Waals surface area contributed by atoms with Gasteiger partial charge in [0.15, 0.2) is 0 Å². The Bertz CT molecular complexity index is 649. The minimum absolute atomic E-state index is 0.0477. The molecule has 1 aliphatic rings. The summed E-state index contributed by atoms with van der Waals surface area (Å²) in [5.41, 5.74) is -2.03. The SMILES string of the molecule is O=C(O)c1ccccc1C1C=CC([N+](=O)[O-])([N+](=O)[O-])C=C1. The van der Waals surface area contributed by atoms with E-state index in [1.807, 2.05) is 0 Å². The molecule has 1 aromatic carbocycles. The molecule has 1 aromatic rings. The van der Waals surface area contributed by atoms with Gasteiger partial charge in [-0.2, -0.15) is 0 Å². The van der Waals surface area contributed by atoms with Gasteiger partial charge in [0, 0.05) is 5.92 Å². The number of nitro groups is 2. The van der Waals surface area contributed by atoms with Crippen molar-refractivity contribution >= 4 is 5.97 Å². The van der Waals surface area contributed by atoms with Gasteiger partial charge in [0.25, 0.3) is 0 Å². The van der Waals surface area contributed by atoms with Crippen LogP contribution in [0.4, 0.5) is 0 Å². The van der Waals surface area contributed by atoms with Gasteiger partial charge in [-0.05, 0) is 11.6 Å². The molecule has 8 heteroatoms.